The molecule has 0 saturated carbocycles. The second-order valence-corrected chi connectivity index (χ2v) is 2.31. The molecule has 0 fully saturated rings. The average molecular weight is 184 g/mol. The van der Waals surface area contributed by atoms with Crippen LogP contribution in [0.25, 0.3) is 6.08 Å². The van der Waals surface area contributed by atoms with Crippen molar-refractivity contribution in [2.45, 2.75) is 6.92 Å². The van der Waals surface area contributed by atoms with E-state index in [4.69, 9.17) is 0 Å². The molecule has 70 valence electrons. The third-order valence-corrected chi connectivity index (χ3v) is 1.34. The maximum absolute atomic E-state index is 10.9. The molecule has 0 amide bonds. The summed E-state index contributed by atoms with van der Waals surface area (Å²) in [5, 5.41) is 0. The second kappa shape index (κ2) is 3.75. The standard InChI is InChI=1S/C8H8O5/c1-5(7(9)11-2)3-6-4-12-8(10)13-6/h3-4H,1-2H3. The largest absolute Gasteiger partial charge is 0.519 e. The number of rotatable bonds is 2. The molecule has 5 heteroatoms. The van der Waals surface area contributed by atoms with Gasteiger partial charge in [-0.15, -0.1) is 0 Å². The zero-order valence-electron chi connectivity index (χ0n) is 7.20. The van der Waals surface area contributed by atoms with E-state index < -0.39 is 11.8 Å². The van der Waals surface area contributed by atoms with E-state index in [2.05, 4.69) is 13.6 Å². The van der Waals surface area contributed by atoms with Crippen LogP contribution in [0.3, 0.4) is 0 Å². The van der Waals surface area contributed by atoms with Crippen LogP contribution in [-0.2, 0) is 9.53 Å². The van der Waals surface area contributed by atoms with Crippen molar-refractivity contribution in [3.05, 3.63) is 28.2 Å². The Morgan fingerprint density at radius 2 is 2.31 bits per heavy atom. The zero-order valence-corrected chi connectivity index (χ0v) is 7.20. The first-order valence-corrected chi connectivity index (χ1v) is 3.48. The number of carbonyl (C=O) groups is 1. The number of methoxy groups -OCH3 is 1. The number of ether oxygens (including phenoxy) is 1. The maximum Gasteiger partial charge on any atom is 0.519 e. The molecule has 0 unspecified atom stereocenters. The molecule has 1 aromatic rings. The Morgan fingerprint density at radius 3 is 2.77 bits per heavy atom. The van der Waals surface area contributed by atoms with E-state index in [0.717, 1.165) is 6.26 Å². The Balaban J connectivity index is 2.88. The van der Waals surface area contributed by atoms with Crippen molar-refractivity contribution in [2.24, 2.45) is 0 Å². The lowest BCUT2D eigenvalue weighted by Gasteiger charge is -1.95. The minimum Gasteiger partial charge on any atom is -0.466 e. The molecular weight excluding hydrogens is 176 g/mol. The monoisotopic (exact) mass is 184 g/mol. The first-order valence-electron chi connectivity index (χ1n) is 3.48. The first-order chi connectivity index (χ1) is 6.13. The van der Waals surface area contributed by atoms with Crippen LogP contribution >= 0.6 is 0 Å². The van der Waals surface area contributed by atoms with Gasteiger partial charge in [-0.1, -0.05) is 0 Å². The van der Waals surface area contributed by atoms with E-state index in [9.17, 15) is 9.59 Å². The van der Waals surface area contributed by atoms with Crippen molar-refractivity contribution < 1.29 is 18.4 Å². The number of esters is 1. The quantitative estimate of drug-likeness (QED) is 0.502. The van der Waals surface area contributed by atoms with Gasteiger partial charge in [0.05, 0.1) is 7.11 Å². The molecule has 0 aromatic carbocycles. The lowest BCUT2D eigenvalue weighted by molar-refractivity contribution is -0.135. The number of carbonyl (C=O) groups excluding carboxylic acids is 1. The molecule has 0 atom stereocenters. The number of hydrogen-bond acceptors (Lipinski definition) is 5. The molecule has 13 heavy (non-hydrogen) atoms. The summed E-state index contributed by atoms with van der Waals surface area (Å²) in [6, 6.07) is 0. The van der Waals surface area contributed by atoms with Gasteiger partial charge in [0.15, 0.2) is 5.76 Å². The molecule has 0 saturated heterocycles. The van der Waals surface area contributed by atoms with E-state index in [-0.39, 0.29) is 5.76 Å². The lowest BCUT2D eigenvalue weighted by atomic mass is 10.2. The van der Waals surface area contributed by atoms with Crippen LogP contribution in [0.1, 0.15) is 12.7 Å². The highest BCUT2D eigenvalue weighted by molar-refractivity contribution is 5.92. The molecule has 0 aliphatic heterocycles. The molecule has 1 aromatic heterocycles. The normalized spacial score (nSPS) is 11.4. The van der Waals surface area contributed by atoms with E-state index in [1.807, 2.05) is 0 Å². The van der Waals surface area contributed by atoms with Crippen LogP contribution < -0.4 is 5.82 Å². The summed E-state index contributed by atoms with van der Waals surface area (Å²) >= 11 is 0. The highest BCUT2D eigenvalue weighted by atomic mass is 16.6. The van der Waals surface area contributed by atoms with Crippen LogP contribution in [0.2, 0.25) is 0 Å². The molecule has 5 nitrogen and oxygen atoms in total. The third-order valence-electron chi connectivity index (χ3n) is 1.34. The fourth-order valence-corrected chi connectivity index (χ4v) is 0.747. The SMILES string of the molecule is COC(=O)C(C)=Cc1coc(=O)o1. The van der Waals surface area contributed by atoms with E-state index in [1.165, 1.54) is 13.2 Å². The van der Waals surface area contributed by atoms with Crippen molar-refractivity contribution in [1.82, 2.24) is 0 Å². The number of hydrogen-bond donors (Lipinski definition) is 0. The predicted octanol–water partition coefficient (Wildman–Crippen LogP) is 0.809. The topological polar surface area (TPSA) is 69.7 Å². The maximum atomic E-state index is 10.9. The fourth-order valence-electron chi connectivity index (χ4n) is 0.747. The molecular formula is C8H8O5. The van der Waals surface area contributed by atoms with Gasteiger partial charge in [0.25, 0.3) is 0 Å². The van der Waals surface area contributed by atoms with Gasteiger partial charge in [0, 0.05) is 5.57 Å². The van der Waals surface area contributed by atoms with Crippen LogP contribution in [0, 0.1) is 0 Å². The summed E-state index contributed by atoms with van der Waals surface area (Å²) in [5.41, 5.74) is 0.326. The molecule has 0 radical (unpaired) electrons. The van der Waals surface area contributed by atoms with Crippen molar-refractivity contribution in [2.75, 3.05) is 7.11 Å². The van der Waals surface area contributed by atoms with Gasteiger partial charge >= 0.3 is 11.8 Å². The third kappa shape index (κ3) is 2.33. The zero-order chi connectivity index (χ0) is 9.84. The minimum atomic E-state index is -0.802. The summed E-state index contributed by atoms with van der Waals surface area (Å²) in [7, 11) is 1.27. The molecule has 0 aliphatic rings. The summed E-state index contributed by atoms with van der Waals surface area (Å²) in [6.45, 7) is 1.54. The highest BCUT2D eigenvalue weighted by Gasteiger charge is 2.05. The van der Waals surface area contributed by atoms with Crippen LogP contribution in [0.4, 0.5) is 0 Å². The Hall–Kier alpha value is -1.78. The van der Waals surface area contributed by atoms with E-state index >= 15 is 0 Å². The summed E-state index contributed by atoms with van der Waals surface area (Å²) in [6.07, 6.45) is 2.48. The Kier molecular flexibility index (Phi) is 2.69. The minimum absolute atomic E-state index is 0.188. The summed E-state index contributed by atoms with van der Waals surface area (Å²) < 4.78 is 13.3. The summed E-state index contributed by atoms with van der Waals surface area (Å²) in [4.78, 5) is 21.3. The van der Waals surface area contributed by atoms with Gasteiger partial charge in [-0.3, -0.25) is 0 Å². The smallest absolute Gasteiger partial charge is 0.466 e. The van der Waals surface area contributed by atoms with Crippen molar-refractivity contribution in [3.8, 4) is 0 Å². The van der Waals surface area contributed by atoms with Gasteiger partial charge in [0.1, 0.15) is 6.26 Å². The Labute approximate surface area is 73.6 Å². The molecule has 0 spiro atoms. The molecule has 0 bridgehead atoms. The van der Waals surface area contributed by atoms with Gasteiger partial charge in [-0.2, -0.15) is 0 Å². The van der Waals surface area contributed by atoms with Crippen LogP contribution in [0.5, 0.6) is 0 Å². The van der Waals surface area contributed by atoms with Gasteiger partial charge in [-0.05, 0) is 13.0 Å². The molecule has 1 rings (SSSR count). The molecule has 0 N–H and O–H groups in total. The first kappa shape index (κ1) is 9.31. The second-order valence-electron chi connectivity index (χ2n) is 2.31. The van der Waals surface area contributed by atoms with Gasteiger partial charge < -0.3 is 13.6 Å². The van der Waals surface area contributed by atoms with Gasteiger partial charge in [-0.25, -0.2) is 9.59 Å². The van der Waals surface area contributed by atoms with Crippen LogP contribution in [0.15, 0.2) is 25.5 Å². The van der Waals surface area contributed by atoms with Crippen molar-refractivity contribution in [1.29, 1.82) is 0 Å². The predicted molar refractivity (Wildman–Crippen MR) is 42.9 cm³/mol. The molecule has 1 heterocycles. The fraction of sp³-hybridized carbons (Fsp3) is 0.250. The van der Waals surface area contributed by atoms with Crippen LogP contribution in [-0.4, -0.2) is 13.1 Å². The lowest BCUT2D eigenvalue weighted by Crippen LogP contribution is -2.00. The van der Waals surface area contributed by atoms with E-state index in [1.54, 1.807) is 6.92 Å². The Morgan fingerprint density at radius 1 is 1.62 bits per heavy atom. The van der Waals surface area contributed by atoms with Gasteiger partial charge in [0.2, 0.25) is 0 Å². The van der Waals surface area contributed by atoms with Crippen molar-refractivity contribution >= 4 is 12.0 Å². The summed E-state index contributed by atoms with van der Waals surface area (Å²) in [5.74, 6) is -1.10. The molecule has 0 aliphatic carbocycles. The average Bonchev–Trinajstić information content (AvgIpc) is 2.49. The van der Waals surface area contributed by atoms with E-state index in [0.29, 0.717) is 5.57 Å². The Bertz CT molecular complexity index is 381. The highest BCUT2D eigenvalue weighted by Crippen LogP contribution is 2.05. The van der Waals surface area contributed by atoms with Crippen molar-refractivity contribution in [3.63, 3.8) is 0 Å².